The molecule has 356 valence electrons. The summed E-state index contributed by atoms with van der Waals surface area (Å²) in [6.07, 6.45) is 2.23. The van der Waals surface area contributed by atoms with E-state index < -0.39 is 0 Å². The number of hydrogen-bond donors (Lipinski definition) is 0. The number of hydrogen-bond acceptors (Lipinski definition) is 0. The standard InChI is InChI=1S/2C15H13.2C14H11.2C2H6Si.4ClH.2Zr/c2*1-2-11-9-13-8-7-12-5-3-4-6-14(12)15(13)10-11;2*1-10-8-12-7-6-11-4-2-3-5-13(11)14(12)9-10;2*1-3-2;;;;;;/h2*3-10H,2H2,1H3;2*2-9H,1H3;2*1-2H3;4*1H;;/q4*-1;;;;;;;2*+2. The van der Waals surface area contributed by atoms with Crippen molar-refractivity contribution in [3.63, 3.8) is 0 Å². The van der Waals surface area contributed by atoms with Crippen molar-refractivity contribution in [3.05, 3.63) is 216 Å². The molecule has 70 heavy (non-hydrogen) atoms. The Balaban J connectivity index is 0.000000230. The molecular formula is C62H64Cl4Si2Zr2. The molecule has 0 spiro atoms. The summed E-state index contributed by atoms with van der Waals surface area (Å²) in [5.74, 6) is 0. The maximum Gasteiger partial charge on any atom is -0.0579 e. The van der Waals surface area contributed by atoms with Crippen molar-refractivity contribution in [2.45, 2.75) is 66.7 Å². The zero-order chi connectivity index (χ0) is 46.7. The van der Waals surface area contributed by atoms with Crippen LogP contribution < -0.4 is 0 Å². The molecular weight excluding hydrogens is 1130 g/mol. The van der Waals surface area contributed by atoms with Gasteiger partial charge in [0.05, 0.1) is 0 Å². The van der Waals surface area contributed by atoms with E-state index in [2.05, 4.69) is 248 Å². The molecule has 0 nitrogen and oxygen atoms in total. The molecule has 0 saturated heterocycles. The summed E-state index contributed by atoms with van der Waals surface area (Å²) in [4.78, 5) is 0. The van der Waals surface area contributed by atoms with Gasteiger partial charge in [-0.3, -0.25) is 0 Å². The van der Waals surface area contributed by atoms with Crippen molar-refractivity contribution in [1.82, 2.24) is 0 Å². The van der Waals surface area contributed by atoms with Crippen LogP contribution in [0.4, 0.5) is 0 Å². The summed E-state index contributed by atoms with van der Waals surface area (Å²) >= 11 is 3.48. The van der Waals surface area contributed by atoms with E-state index in [1.54, 1.807) is 46.7 Å². The molecule has 0 fully saturated rings. The molecule has 0 bridgehead atoms. The molecule has 0 aliphatic heterocycles. The number of halogens is 4. The minimum Gasteiger partial charge on any atom is -0.165 e. The minimum absolute atomic E-state index is 0. The van der Waals surface area contributed by atoms with Crippen molar-refractivity contribution in [3.8, 4) is 0 Å². The molecule has 0 aromatic heterocycles. The second-order valence-corrected chi connectivity index (χ2v) is 36.4. The van der Waals surface area contributed by atoms with Crippen LogP contribution in [-0.2, 0) is 59.5 Å². The zero-order valence-electron chi connectivity index (χ0n) is 41.5. The first-order valence-corrected chi connectivity index (χ1v) is 35.6. The van der Waals surface area contributed by atoms with Crippen molar-refractivity contribution in [1.29, 1.82) is 0 Å². The van der Waals surface area contributed by atoms with E-state index in [0.717, 1.165) is 12.8 Å². The maximum absolute atomic E-state index is 2.32. The van der Waals surface area contributed by atoms with Crippen molar-refractivity contribution in [2.75, 3.05) is 0 Å². The van der Waals surface area contributed by atoms with Gasteiger partial charge < -0.3 is 0 Å². The summed E-state index contributed by atoms with van der Waals surface area (Å²) in [5, 5.41) is 21.7. The summed E-state index contributed by atoms with van der Waals surface area (Å²) in [6, 6.07) is 70.1. The molecule has 8 heteroatoms. The largest absolute Gasteiger partial charge is 0.165 e. The molecule has 0 radical (unpaired) electrons. The van der Waals surface area contributed by atoms with Gasteiger partial charge in [-0.2, -0.15) is 24.3 Å². The van der Waals surface area contributed by atoms with Gasteiger partial charge in [0.25, 0.3) is 0 Å². The smallest absolute Gasteiger partial charge is 0.0579 e. The Morgan fingerprint density at radius 1 is 0.329 bits per heavy atom. The van der Waals surface area contributed by atoms with E-state index >= 15 is 0 Å². The van der Waals surface area contributed by atoms with Gasteiger partial charge in [0.1, 0.15) is 0 Å². The first-order chi connectivity index (χ1) is 31.9. The topological polar surface area (TPSA) is 0 Å². The number of fused-ring (bicyclic) bond motifs is 12. The Morgan fingerprint density at radius 2 is 0.543 bits per heavy atom. The van der Waals surface area contributed by atoms with Gasteiger partial charge in [0.15, 0.2) is 0 Å². The van der Waals surface area contributed by atoms with Gasteiger partial charge in [0.2, 0.25) is 0 Å². The fraction of sp³-hybridized carbons (Fsp3) is 0.161. The van der Waals surface area contributed by atoms with E-state index in [4.69, 9.17) is 0 Å². The van der Waals surface area contributed by atoms with Crippen LogP contribution in [0, 0.1) is 13.8 Å². The third-order valence-electron chi connectivity index (χ3n) is 11.7. The molecule has 0 amide bonds. The molecule has 0 atom stereocenters. The molecule has 12 aromatic carbocycles. The molecule has 0 heterocycles. The Bertz CT molecular complexity index is 3350. The SMILES string of the molecule is CCc1cc2ccc3ccccc3c2[cH-]1.CCc1cc2ccc3ccccc3c2[cH-]1.C[Si](C)=[Zr+2].C[Si](C)=[Zr+2].Cc1cc2ccc3ccccc3c2[cH-]1.Cc1cc2ccc3ccccc3c2[cH-]1.Cl.Cl.Cl.Cl. The molecule has 12 rings (SSSR count). The van der Waals surface area contributed by atoms with Gasteiger partial charge in [-0.1, -0.05) is 192 Å². The Labute approximate surface area is 471 Å². The number of aryl methyl sites for hydroxylation is 4. The van der Waals surface area contributed by atoms with Gasteiger partial charge in [-0.25, -0.2) is 0 Å². The molecule has 12 aromatic rings. The average molecular weight is 1190 g/mol. The van der Waals surface area contributed by atoms with Gasteiger partial charge in [-0.15, -0.1) is 164 Å². The first kappa shape index (κ1) is 60.9. The van der Waals surface area contributed by atoms with E-state index in [-0.39, 0.29) is 60.5 Å². The fourth-order valence-corrected chi connectivity index (χ4v) is 8.69. The van der Waals surface area contributed by atoms with Gasteiger partial charge in [-0.05, 0) is 12.8 Å². The van der Waals surface area contributed by atoms with Crippen LogP contribution in [0.1, 0.15) is 36.1 Å². The second kappa shape index (κ2) is 29.3. The van der Waals surface area contributed by atoms with Gasteiger partial charge in [0, 0.05) is 0 Å². The van der Waals surface area contributed by atoms with Crippen LogP contribution in [0.15, 0.2) is 194 Å². The second-order valence-electron chi connectivity index (χ2n) is 17.7. The van der Waals surface area contributed by atoms with Crippen LogP contribution in [-0.4, -0.2) is 10.9 Å². The number of benzene rings is 8. The predicted molar refractivity (Wildman–Crippen MR) is 320 cm³/mol. The van der Waals surface area contributed by atoms with Crippen molar-refractivity contribution >= 4 is 147 Å². The molecule has 0 aliphatic carbocycles. The van der Waals surface area contributed by atoms with Gasteiger partial charge >= 0.3 is 83.7 Å². The van der Waals surface area contributed by atoms with E-state index in [1.165, 1.54) is 108 Å². The Morgan fingerprint density at radius 3 is 0.800 bits per heavy atom. The molecule has 0 N–H and O–H groups in total. The van der Waals surface area contributed by atoms with Crippen LogP contribution in [0.25, 0.3) is 86.2 Å². The normalized spacial score (nSPS) is 10.1. The Kier molecular flexibility index (Phi) is 25.5. The van der Waals surface area contributed by atoms with Crippen LogP contribution in [0.5, 0.6) is 0 Å². The summed E-state index contributed by atoms with van der Waals surface area (Å²) < 4.78 is 0. The third kappa shape index (κ3) is 15.8. The zero-order valence-corrected chi connectivity index (χ0v) is 51.7. The molecule has 0 saturated carbocycles. The fourth-order valence-electron chi connectivity index (χ4n) is 8.69. The molecule has 0 unspecified atom stereocenters. The van der Waals surface area contributed by atoms with E-state index in [0.29, 0.717) is 0 Å². The Hall–Kier alpha value is -3.40. The van der Waals surface area contributed by atoms with E-state index in [9.17, 15) is 0 Å². The summed E-state index contributed by atoms with van der Waals surface area (Å²) in [6.45, 7) is 17.9. The first-order valence-electron chi connectivity index (χ1n) is 23.2. The maximum atomic E-state index is 2.32. The summed E-state index contributed by atoms with van der Waals surface area (Å²) in [7, 11) is 0. The van der Waals surface area contributed by atoms with Crippen molar-refractivity contribution in [2.24, 2.45) is 0 Å². The quantitative estimate of drug-likeness (QED) is 0.120. The van der Waals surface area contributed by atoms with Crippen LogP contribution in [0.2, 0.25) is 26.2 Å². The van der Waals surface area contributed by atoms with Crippen molar-refractivity contribution < 1.29 is 46.7 Å². The minimum atomic E-state index is 0. The van der Waals surface area contributed by atoms with Crippen LogP contribution >= 0.6 is 49.6 Å². The average Bonchev–Trinajstić information content (AvgIpc) is 4.13. The molecule has 0 aliphatic rings. The predicted octanol–water partition coefficient (Wildman–Crippen LogP) is 19.8. The van der Waals surface area contributed by atoms with E-state index in [1.807, 2.05) is 0 Å². The summed E-state index contributed by atoms with van der Waals surface area (Å²) in [5.41, 5.74) is 5.97. The number of rotatable bonds is 2. The monoisotopic (exact) mass is 1180 g/mol. The third-order valence-corrected chi connectivity index (χ3v) is 11.7. The van der Waals surface area contributed by atoms with Crippen LogP contribution in [0.3, 0.4) is 0 Å².